The zero-order chi connectivity index (χ0) is 18.3. The molecule has 0 aliphatic carbocycles. The van der Waals surface area contributed by atoms with Gasteiger partial charge in [0.25, 0.3) is 0 Å². The van der Waals surface area contributed by atoms with Crippen molar-refractivity contribution in [1.82, 2.24) is 25.1 Å². The molecule has 0 bridgehead atoms. The third-order valence-electron chi connectivity index (χ3n) is 5.35. The van der Waals surface area contributed by atoms with Crippen molar-refractivity contribution in [3.63, 3.8) is 0 Å². The van der Waals surface area contributed by atoms with E-state index in [1.165, 1.54) is 11.1 Å². The molecule has 0 radical (unpaired) electrons. The maximum Gasteiger partial charge on any atom is 0.178 e. The molecule has 0 saturated carbocycles. The molecule has 0 amide bonds. The van der Waals surface area contributed by atoms with Crippen LogP contribution in [0.2, 0.25) is 0 Å². The molecule has 0 saturated heterocycles. The van der Waals surface area contributed by atoms with Gasteiger partial charge < -0.3 is 4.74 Å². The van der Waals surface area contributed by atoms with Gasteiger partial charge in [0.2, 0.25) is 0 Å². The van der Waals surface area contributed by atoms with Crippen molar-refractivity contribution in [2.45, 2.75) is 31.8 Å². The lowest BCUT2D eigenvalue weighted by molar-refractivity contribution is 0.0993. The summed E-state index contributed by atoms with van der Waals surface area (Å²) >= 11 is 0. The van der Waals surface area contributed by atoms with Gasteiger partial charge in [-0.2, -0.15) is 4.68 Å². The SMILES string of the molecule is COc1cccc(-n2nnnc2[C@@H]2c3ccccc3CC(C)(C)N2C)c1. The van der Waals surface area contributed by atoms with Gasteiger partial charge in [0.15, 0.2) is 5.82 Å². The zero-order valence-electron chi connectivity index (χ0n) is 15.5. The minimum Gasteiger partial charge on any atom is -0.497 e. The predicted molar refractivity (Wildman–Crippen MR) is 99.5 cm³/mol. The van der Waals surface area contributed by atoms with E-state index in [0.717, 1.165) is 23.7 Å². The van der Waals surface area contributed by atoms with Gasteiger partial charge in [-0.3, -0.25) is 4.90 Å². The molecule has 2 aromatic carbocycles. The summed E-state index contributed by atoms with van der Waals surface area (Å²) < 4.78 is 7.16. The van der Waals surface area contributed by atoms with E-state index in [2.05, 4.69) is 65.6 Å². The molecule has 0 N–H and O–H groups in total. The molecule has 134 valence electrons. The van der Waals surface area contributed by atoms with Crippen molar-refractivity contribution in [2.75, 3.05) is 14.2 Å². The Labute approximate surface area is 153 Å². The second-order valence-electron chi connectivity index (χ2n) is 7.35. The highest BCUT2D eigenvalue weighted by atomic mass is 16.5. The average Bonchev–Trinajstić information content (AvgIpc) is 3.12. The van der Waals surface area contributed by atoms with E-state index in [1.54, 1.807) is 7.11 Å². The summed E-state index contributed by atoms with van der Waals surface area (Å²) in [6.07, 6.45) is 0.997. The molecule has 3 aromatic rings. The lowest BCUT2D eigenvalue weighted by Crippen LogP contribution is -2.49. The number of likely N-dealkylation sites (N-methyl/N-ethyl adjacent to an activating group) is 1. The molecule has 1 aliphatic rings. The fourth-order valence-corrected chi connectivity index (χ4v) is 3.71. The first-order valence-electron chi connectivity index (χ1n) is 8.75. The van der Waals surface area contributed by atoms with Crippen LogP contribution in [0, 0.1) is 0 Å². The van der Waals surface area contributed by atoms with Gasteiger partial charge in [-0.15, -0.1) is 5.10 Å². The number of hydrogen-bond donors (Lipinski definition) is 0. The van der Waals surface area contributed by atoms with Crippen molar-refractivity contribution in [1.29, 1.82) is 0 Å². The molecule has 0 spiro atoms. The maximum absolute atomic E-state index is 5.36. The molecule has 1 aromatic heterocycles. The summed E-state index contributed by atoms with van der Waals surface area (Å²) in [6, 6.07) is 16.3. The van der Waals surface area contributed by atoms with Crippen LogP contribution in [0.3, 0.4) is 0 Å². The lowest BCUT2D eigenvalue weighted by atomic mass is 9.81. The maximum atomic E-state index is 5.36. The van der Waals surface area contributed by atoms with Gasteiger partial charge in [-0.1, -0.05) is 30.3 Å². The van der Waals surface area contributed by atoms with Crippen LogP contribution < -0.4 is 4.74 Å². The second-order valence-corrected chi connectivity index (χ2v) is 7.35. The average molecular weight is 349 g/mol. The molecular formula is C20H23N5O. The highest BCUT2D eigenvalue weighted by molar-refractivity contribution is 5.42. The van der Waals surface area contributed by atoms with Crippen molar-refractivity contribution in [3.05, 3.63) is 65.5 Å². The van der Waals surface area contributed by atoms with Crippen molar-refractivity contribution < 1.29 is 4.74 Å². The van der Waals surface area contributed by atoms with Crippen LogP contribution in [0.1, 0.15) is 36.8 Å². The quantitative estimate of drug-likeness (QED) is 0.727. The van der Waals surface area contributed by atoms with Gasteiger partial charge in [0.05, 0.1) is 18.8 Å². The first kappa shape index (κ1) is 16.7. The Kier molecular flexibility index (Phi) is 4.00. The van der Waals surface area contributed by atoms with E-state index < -0.39 is 0 Å². The molecule has 26 heavy (non-hydrogen) atoms. The largest absolute Gasteiger partial charge is 0.497 e. The van der Waals surface area contributed by atoms with Gasteiger partial charge >= 0.3 is 0 Å². The summed E-state index contributed by atoms with van der Waals surface area (Å²) in [5, 5.41) is 12.7. The summed E-state index contributed by atoms with van der Waals surface area (Å²) in [4.78, 5) is 2.36. The van der Waals surface area contributed by atoms with Gasteiger partial charge in [0.1, 0.15) is 5.75 Å². The minimum atomic E-state index is -0.0175. The number of tetrazole rings is 1. The molecular weight excluding hydrogens is 326 g/mol. The number of methoxy groups -OCH3 is 1. The van der Waals surface area contributed by atoms with Crippen LogP contribution in [0.4, 0.5) is 0 Å². The monoisotopic (exact) mass is 349 g/mol. The Bertz CT molecular complexity index is 933. The number of hydrogen-bond acceptors (Lipinski definition) is 5. The first-order valence-corrected chi connectivity index (χ1v) is 8.75. The predicted octanol–water partition coefficient (Wildman–Crippen LogP) is 3.03. The Morgan fingerprint density at radius 2 is 1.92 bits per heavy atom. The topological polar surface area (TPSA) is 56.1 Å². The van der Waals surface area contributed by atoms with E-state index in [9.17, 15) is 0 Å². The molecule has 6 heteroatoms. The van der Waals surface area contributed by atoms with Crippen LogP contribution in [0.5, 0.6) is 5.75 Å². The number of benzene rings is 2. The standard InChI is InChI=1S/C20H23N5O/c1-20(2)13-14-8-5-6-11-17(14)18(24(20)3)19-21-22-23-25(19)15-9-7-10-16(12-15)26-4/h5-12,18H,13H2,1-4H3/t18-/m0/s1. The third kappa shape index (κ3) is 2.66. The van der Waals surface area contributed by atoms with Crippen molar-refractivity contribution in [3.8, 4) is 11.4 Å². The minimum absolute atomic E-state index is 0.00414. The summed E-state index contributed by atoms with van der Waals surface area (Å²) in [5.74, 6) is 1.59. The molecule has 0 fully saturated rings. The lowest BCUT2D eigenvalue weighted by Gasteiger charge is -2.45. The second kappa shape index (κ2) is 6.21. The molecule has 6 nitrogen and oxygen atoms in total. The Morgan fingerprint density at radius 3 is 2.73 bits per heavy atom. The Morgan fingerprint density at radius 1 is 1.12 bits per heavy atom. The first-order chi connectivity index (χ1) is 12.5. The Hall–Kier alpha value is -2.73. The molecule has 4 rings (SSSR count). The van der Waals surface area contributed by atoms with Crippen molar-refractivity contribution >= 4 is 0 Å². The van der Waals surface area contributed by atoms with Crippen molar-refractivity contribution in [2.24, 2.45) is 0 Å². The van der Waals surface area contributed by atoms with Crippen LogP contribution in [-0.4, -0.2) is 44.8 Å². The Balaban J connectivity index is 1.87. The number of ether oxygens (including phenoxy) is 1. The van der Waals surface area contributed by atoms with Gasteiger partial charge in [-0.25, -0.2) is 0 Å². The fraction of sp³-hybridized carbons (Fsp3) is 0.350. The number of nitrogens with zero attached hydrogens (tertiary/aromatic N) is 5. The number of fused-ring (bicyclic) bond motifs is 1. The van der Waals surface area contributed by atoms with E-state index >= 15 is 0 Å². The third-order valence-corrected chi connectivity index (χ3v) is 5.35. The van der Waals surface area contributed by atoms with Crippen LogP contribution in [0.15, 0.2) is 48.5 Å². The molecule has 0 unspecified atom stereocenters. The van der Waals surface area contributed by atoms with Crippen LogP contribution in [-0.2, 0) is 6.42 Å². The highest BCUT2D eigenvalue weighted by Gasteiger charge is 2.40. The van der Waals surface area contributed by atoms with E-state index in [4.69, 9.17) is 4.74 Å². The highest BCUT2D eigenvalue weighted by Crippen LogP contribution is 2.40. The molecule has 1 aliphatic heterocycles. The van der Waals surface area contributed by atoms with E-state index in [1.807, 2.05) is 28.9 Å². The smallest absolute Gasteiger partial charge is 0.178 e. The zero-order valence-corrected chi connectivity index (χ0v) is 15.5. The number of aromatic nitrogens is 4. The van der Waals surface area contributed by atoms with E-state index in [-0.39, 0.29) is 11.6 Å². The molecule has 2 heterocycles. The fourth-order valence-electron chi connectivity index (χ4n) is 3.71. The number of rotatable bonds is 3. The summed E-state index contributed by atoms with van der Waals surface area (Å²) in [6.45, 7) is 4.52. The molecule has 1 atom stereocenters. The van der Waals surface area contributed by atoms with Crippen LogP contribution in [0.25, 0.3) is 5.69 Å². The van der Waals surface area contributed by atoms with Crippen LogP contribution >= 0.6 is 0 Å². The summed E-state index contributed by atoms with van der Waals surface area (Å²) in [5.41, 5.74) is 3.50. The van der Waals surface area contributed by atoms with Gasteiger partial charge in [0, 0.05) is 11.6 Å². The van der Waals surface area contributed by atoms with E-state index in [0.29, 0.717) is 0 Å². The normalized spacial score (nSPS) is 19.2. The summed E-state index contributed by atoms with van der Waals surface area (Å²) in [7, 11) is 3.80. The van der Waals surface area contributed by atoms with Gasteiger partial charge in [-0.05, 0) is 61.0 Å².